The summed E-state index contributed by atoms with van der Waals surface area (Å²) in [5, 5.41) is 3.80. The van der Waals surface area contributed by atoms with Crippen LogP contribution in [0.2, 0.25) is 0 Å². The molecule has 0 aliphatic heterocycles. The maximum absolute atomic E-state index is 13.1. The number of nitrogens with zero attached hydrogens (tertiary/aromatic N) is 3. The first-order valence-corrected chi connectivity index (χ1v) is 11.4. The number of nitrogens with one attached hydrogen (secondary N) is 2. The highest BCUT2D eigenvalue weighted by atomic mass is 16.1. The molecule has 0 atom stereocenters. The third-order valence-corrected chi connectivity index (χ3v) is 5.74. The van der Waals surface area contributed by atoms with Crippen molar-refractivity contribution in [3.63, 3.8) is 0 Å². The van der Waals surface area contributed by atoms with E-state index in [0.717, 1.165) is 33.5 Å². The summed E-state index contributed by atoms with van der Waals surface area (Å²) in [5.41, 5.74) is 6.84. The molecule has 5 aromatic rings. The summed E-state index contributed by atoms with van der Waals surface area (Å²) in [4.78, 5) is 35.8. The Labute approximate surface area is 207 Å². The second-order valence-electron chi connectivity index (χ2n) is 8.70. The van der Waals surface area contributed by atoms with Gasteiger partial charge >= 0.3 is 0 Å². The van der Waals surface area contributed by atoms with Gasteiger partial charge < -0.3 is 14.9 Å². The summed E-state index contributed by atoms with van der Waals surface area (Å²) in [6.07, 6.45) is 5.31. The largest absolute Gasteiger partial charge is 0.322 e. The van der Waals surface area contributed by atoms with Gasteiger partial charge in [-0.15, -0.1) is 0 Å². The summed E-state index contributed by atoms with van der Waals surface area (Å²) in [6, 6.07) is 16.4. The number of imidazole rings is 1. The van der Waals surface area contributed by atoms with E-state index in [1.807, 2.05) is 61.9 Å². The number of aromatic nitrogens is 4. The molecule has 0 aliphatic rings. The molecule has 1 amide bonds. The van der Waals surface area contributed by atoms with Crippen molar-refractivity contribution in [2.45, 2.75) is 20.8 Å². The number of benzene rings is 2. The number of carbonyl (C=O) groups is 1. The van der Waals surface area contributed by atoms with Crippen LogP contribution in [0.5, 0.6) is 0 Å². The Morgan fingerprint density at radius 2 is 1.83 bits per heavy atom. The topological polar surface area (TPSA) is 92.7 Å². The third kappa shape index (κ3) is 4.93. The van der Waals surface area contributed by atoms with Crippen LogP contribution in [0.15, 0.2) is 78.1 Å². The first-order chi connectivity index (χ1) is 17.3. The van der Waals surface area contributed by atoms with Crippen molar-refractivity contribution in [2.24, 2.45) is 0 Å². The van der Waals surface area contributed by atoms with Gasteiger partial charge in [-0.1, -0.05) is 17.9 Å². The SMILES string of the molecule is Cc1cc(NC(=O)c2ccc(C)c(C#Cc3cnc4[nH]c(=O)ccc4c3)c2)cc(-n2cnc(C)c2)c1. The van der Waals surface area contributed by atoms with Crippen molar-refractivity contribution < 1.29 is 4.79 Å². The predicted molar refractivity (Wildman–Crippen MR) is 141 cm³/mol. The van der Waals surface area contributed by atoms with E-state index in [9.17, 15) is 9.59 Å². The van der Waals surface area contributed by atoms with E-state index in [0.29, 0.717) is 22.5 Å². The lowest BCUT2D eigenvalue weighted by atomic mass is 10.0. The maximum Gasteiger partial charge on any atom is 0.255 e. The number of carbonyl (C=O) groups excluding carboxylic acids is 1. The van der Waals surface area contributed by atoms with E-state index in [2.05, 4.69) is 32.1 Å². The first-order valence-electron chi connectivity index (χ1n) is 11.4. The number of aryl methyl sites for hydroxylation is 3. The number of fused-ring (bicyclic) bond motifs is 1. The smallest absolute Gasteiger partial charge is 0.255 e. The quantitative estimate of drug-likeness (QED) is 0.372. The number of rotatable bonds is 3. The molecule has 0 spiro atoms. The molecule has 2 aromatic carbocycles. The lowest BCUT2D eigenvalue weighted by molar-refractivity contribution is 0.102. The fraction of sp³-hybridized carbons (Fsp3) is 0.103. The normalized spacial score (nSPS) is 10.6. The Kier molecular flexibility index (Phi) is 5.93. The highest BCUT2D eigenvalue weighted by molar-refractivity contribution is 6.04. The molecule has 0 saturated heterocycles. The Morgan fingerprint density at radius 3 is 2.64 bits per heavy atom. The number of amides is 1. The standard InChI is InChI=1S/C29H23N5O2/c1-18-10-25(14-26(11-18)34-16-20(3)31-17-34)32-29(36)24-6-4-19(2)22(13-24)7-5-21-12-23-8-9-27(35)33-28(23)30-15-21/h4,6,8-17H,1-3H3,(H,32,36)(H,30,33,35). The molecule has 2 N–H and O–H groups in total. The highest BCUT2D eigenvalue weighted by Gasteiger charge is 2.10. The van der Waals surface area contributed by atoms with Gasteiger partial charge in [-0.05, 0) is 74.4 Å². The van der Waals surface area contributed by atoms with Crippen LogP contribution in [0, 0.1) is 32.6 Å². The minimum absolute atomic E-state index is 0.196. The summed E-state index contributed by atoms with van der Waals surface area (Å²) >= 11 is 0. The van der Waals surface area contributed by atoms with Crippen LogP contribution in [0.25, 0.3) is 16.7 Å². The number of aromatic amines is 1. The van der Waals surface area contributed by atoms with Crippen LogP contribution in [0.3, 0.4) is 0 Å². The minimum atomic E-state index is -0.215. The van der Waals surface area contributed by atoms with Gasteiger partial charge in [0.25, 0.3) is 5.91 Å². The fourth-order valence-corrected chi connectivity index (χ4v) is 3.89. The molecule has 3 aromatic heterocycles. The van der Waals surface area contributed by atoms with Crippen LogP contribution in [0.4, 0.5) is 5.69 Å². The Bertz CT molecular complexity index is 1750. The summed E-state index contributed by atoms with van der Waals surface area (Å²) < 4.78 is 1.93. The number of hydrogen-bond donors (Lipinski definition) is 2. The molecular weight excluding hydrogens is 450 g/mol. The van der Waals surface area contributed by atoms with Crippen LogP contribution in [-0.2, 0) is 0 Å². The highest BCUT2D eigenvalue weighted by Crippen LogP contribution is 2.20. The molecular formula is C29H23N5O2. The molecule has 5 rings (SSSR count). The van der Waals surface area contributed by atoms with E-state index in [4.69, 9.17) is 0 Å². The van der Waals surface area contributed by atoms with Crippen LogP contribution >= 0.6 is 0 Å². The molecule has 7 heteroatoms. The Hall–Kier alpha value is -4.96. The van der Waals surface area contributed by atoms with Gasteiger partial charge in [0.15, 0.2) is 0 Å². The monoisotopic (exact) mass is 473 g/mol. The molecule has 0 aliphatic carbocycles. The van der Waals surface area contributed by atoms with Gasteiger partial charge in [-0.25, -0.2) is 9.97 Å². The molecule has 0 unspecified atom stereocenters. The second-order valence-corrected chi connectivity index (χ2v) is 8.70. The van der Waals surface area contributed by atoms with Crippen LogP contribution in [0.1, 0.15) is 38.3 Å². The van der Waals surface area contributed by atoms with Crippen molar-refractivity contribution in [3.8, 4) is 17.5 Å². The van der Waals surface area contributed by atoms with Crippen molar-refractivity contribution >= 4 is 22.6 Å². The first kappa shape index (κ1) is 22.8. The molecule has 3 heterocycles. The maximum atomic E-state index is 13.1. The van der Waals surface area contributed by atoms with Crippen molar-refractivity contribution in [1.29, 1.82) is 0 Å². The molecule has 0 fully saturated rings. The molecule has 0 saturated carbocycles. The van der Waals surface area contributed by atoms with E-state index >= 15 is 0 Å². The lowest BCUT2D eigenvalue weighted by Gasteiger charge is -2.11. The molecule has 7 nitrogen and oxygen atoms in total. The molecule has 36 heavy (non-hydrogen) atoms. The van der Waals surface area contributed by atoms with Crippen LogP contribution in [-0.4, -0.2) is 25.4 Å². The van der Waals surface area contributed by atoms with Gasteiger partial charge in [-0.3, -0.25) is 9.59 Å². The number of H-pyrrole nitrogens is 1. The summed E-state index contributed by atoms with van der Waals surface area (Å²) in [7, 11) is 0. The van der Waals surface area contributed by atoms with Gasteiger partial charge in [0.1, 0.15) is 5.65 Å². The van der Waals surface area contributed by atoms with E-state index in [-0.39, 0.29) is 11.5 Å². The summed E-state index contributed by atoms with van der Waals surface area (Å²) in [6.45, 7) is 5.88. The van der Waals surface area contributed by atoms with Crippen molar-refractivity contribution in [2.75, 3.05) is 5.32 Å². The number of anilines is 1. The second kappa shape index (κ2) is 9.35. The Morgan fingerprint density at radius 1 is 0.972 bits per heavy atom. The third-order valence-electron chi connectivity index (χ3n) is 5.74. The molecule has 176 valence electrons. The minimum Gasteiger partial charge on any atom is -0.322 e. The van der Waals surface area contributed by atoms with Gasteiger partial charge in [0, 0.05) is 51.9 Å². The Balaban J connectivity index is 1.39. The van der Waals surface area contributed by atoms with Gasteiger partial charge in [0.05, 0.1) is 12.0 Å². The zero-order valence-corrected chi connectivity index (χ0v) is 20.1. The van der Waals surface area contributed by atoms with E-state index < -0.39 is 0 Å². The van der Waals surface area contributed by atoms with E-state index in [1.165, 1.54) is 6.07 Å². The number of pyridine rings is 2. The fourth-order valence-electron chi connectivity index (χ4n) is 3.89. The average molecular weight is 474 g/mol. The van der Waals surface area contributed by atoms with Crippen molar-refractivity contribution in [1.82, 2.24) is 19.5 Å². The average Bonchev–Trinajstić information content (AvgIpc) is 3.29. The zero-order valence-electron chi connectivity index (χ0n) is 20.1. The van der Waals surface area contributed by atoms with Crippen molar-refractivity contribution in [3.05, 3.63) is 117 Å². The molecule has 0 radical (unpaired) electrons. The van der Waals surface area contributed by atoms with Gasteiger partial charge in [-0.2, -0.15) is 0 Å². The summed E-state index contributed by atoms with van der Waals surface area (Å²) in [5.74, 6) is 6.05. The van der Waals surface area contributed by atoms with Crippen LogP contribution < -0.4 is 10.9 Å². The van der Waals surface area contributed by atoms with Gasteiger partial charge in [0.2, 0.25) is 5.56 Å². The predicted octanol–water partition coefficient (Wildman–Crippen LogP) is 4.69. The number of hydrogen-bond acceptors (Lipinski definition) is 4. The zero-order chi connectivity index (χ0) is 25.2. The molecule has 0 bridgehead atoms. The lowest BCUT2D eigenvalue weighted by Crippen LogP contribution is -2.12. The van der Waals surface area contributed by atoms with E-state index in [1.54, 1.807) is 30.7 Å².